The maximum Gasteiger partial charge on any atom is 0.378 e. The number of aromatic nitrogens is 1. The lowest BCUT2D eigenvalue weighted by atomic mass is 10.1. The van der Waals surface area contributed by atoms with Crippen LogP contribution in [-0.4, -0.2) is 22.5 Å². The van der Waals surface area contributed by atoms with Crippen LogP contribution in [0.4, 0.5) is 5.82 Å². The first-order valence-corrected chi connectivity index (χ1v) is 4.35. The number of pyridine rings is 1. The molecule has 0 radical (unpaired) electrons. The molecule has 0 atom stereocenters. The van der Waals surface area contributed by atoms with Crippen molar-refractivity contribution >= 4 is 11.8 Å². The first-order chi connectivity index (χ1) is 7.07. The van der Waals surface area contributed by atoms with E-state index < -0.39 is 16.7 Å². The Hall–Kier alpha value is -1.98. The third-order valence-corrected chi connectivity index (χ3v) is 1.79. The summed E-state index contributed by atoms with van der Waals surface area (Å²) in [6.07, 6.45) is 1.29. The monoisotopic (exact) mass is 210 g/mol. The Morgan fingerprint density at radius 1 is 1.67 bits per heavy atom. The van der Waals surface area contributed by atoms with Gasteiger partial charge >= 0.3 is 11.8 Å². The van der Waals surface area contributed by atoms with E-state index in [0.717, 1.165) is 0 Å². The van der Waals surface area contributed by atoms with Gasteiger partial charge in [-0.15, -0.1) is 0 Å². The fourth-order valence-electron chi connectivity index (χ4n) is 1.14. The van der Waals surface area contributed by atoms with Crippen molar-refractivity contribution in [3.63, 3.8) is 0 Å². The van der Waals surface area contributed by atoms with Crippen molar-refractivity contribution in [1.29, 1.82) is 0 Å². The molecule has 0 bridgehead atoms. The summed E-state index contributed by atoms with van der Waals surface area (Å²) in [6.45, 7) is 3.40. The molecule has 6 nitrogen and oxygen atoms in total. The topological polar surface area (TPSA) is 82.3 Å². The summed E-state index contributed by atoms with van der Waals surface area (Å²) < 4.78 is 4.72. The van der Waals surface area contributed by atoms with Crippen molar-refractivity contribution in [1.82, 2.24) is 4.98 Å². The molecule has 0 spiro atoms. The smallest absolute Gasteiger partial charge is 0.378 e. The highest BCUT2D eigenvalue weighted by molar-refractivity contribution is 5.94. The van der Waals surface area contributed by atoms with Crippen LogP contribution in [0.15, 0.2) is 12.3 Å². The van der Waals surface area contributed by atoms with Crippen LogP contribution in [0.5, 0.6) is 0 Å². The van der Waals surface area contributed by atoms with Gasteiger partial charge in [-0.1, -0.05) is 0 Å². The summed E-state index contributed by atoms with van der Waals surface area (Å²) in [6, 6.07) is 1.53. The molecule has 1 aromatic heterocycles. The molecule has 0 unspecified atom stereocenters. The summed E-state index contributed by atoms with van der Waals surface area (Å²) in [4.78, 5) is 24.9. The second kappa shape index (κ2) is 4.50. The second-order valence-corrected chi connectivity index (χ2v) is 2.80. The number of carbonyl (C=O) groups excluding carboxylic acids is 1. The number of hydrogen-bond donors (Lipinski definition) is 0. The number of nitro groups is 1. The van der Waals surface area contributed by atoms with Gasteiger partial charge in [0.25, 0.3) is 0 Å². The molecule has 0 saturated carbocycles. The van der Waals surface area contributed by atoms with Crippen LogP contribution in [0, 0.1) is 17.0 Å². The van der Waals surface area contributed by atoms with E-state index in [2.05, 4.69) is 4.98 Å². The standard InChI is InChI=1S/C9H10N2O4/c1-3-15-9(12)7-6(2)4-5-10-8(7)11(13)14/h4-5H,3H2,1-2H3. The fraction of sp³-hybridized carbons (Fsp3) is 0.333. The van der Waals surface area contributed by atoms with Crippen molar-refractivity contribution in [3.05, 3.63) is 33.5 Å². The molecule has 1 rings (SSSR count). The highest BCUT2D eigenvalue weighted by atomic mass is 16.6. The molecule has 1 aromatic rings. The maximum absolute atomic E-state index is 11.4. The molecule has 0 aliphatic rings. The Morgan fingerprint density at radius 3 is 2.87 bits per heavy atom. The summed E-state index contributed by atoms with van der Waals surface area (Å²) >= 11 is 0. The van der Waals surface area contributed by atoms with Crippen LogP contribution in [0.1, 0.15) is 22.8 Å². The van der Waals surface area contributed by atoms with Gasteiger partial charge in [0.05, 0.1) is 6.61 Å². The van der Waals surface area contributed by atoms with Gasteiger partial charge in [-0.2, -0.15) is 0 Å². The lowest BCUT2D eigenvalue weighted by molar-refractivity contribution is -0.389. The molecule has 15 heavy (non-hydrogen) atoms. The third-order valence-electron chi connectivity index (χ3n) is 1.79. The second-order valence-electron chi connectivity index (χ2n) is 2.80. The van der Waals surface area contributed by atoms with Crippen molar-refractivity contribution < 1.29 is 14.5 Å². The van der Waals surface area contributed by atoms with Crippen molar-refractivity contribution in [3.8, 4) is 0 Å². The van der Waals surface area contributed by atoms with Gasteiger partial charge in [0.15, 0.2) is 5.56 Å². The molecular weight excluding hydrogens is 200 g/mol. The number of nitrogens with zero attached hydrogens (tertiary/aromatic N) is 2. The van der Waals surface area contributed by atoms with E-state index in [1.807, 2.05) is 0 Å². The van der Waals surface area contributed by atoms with E-state index in [1.165, 1.54) is 12.3 Å². The normalized spacial score (nSPS) is 9.73. The Bertz CT molecular complexity index is 403. The average molecular weight is 210 g/mol. The van der Waals surface area contributed by atoms with E-state index >= 15 is 0 Å². The Balaban J connectivity index is 3.24. The molecule has 0 amide bonds. The number of ether oxygens (including phenoxy) is 1. The quantitative estimate of drug-likeness (QED) is 0.428. The lowest BCUT2D eigenvalue weighted by Crippen LogP contribution is -2.11. The van der Waals surface area contributed by atoms with Crippen LogP contribution in [0.2, 0.25) is 0 Å². The molecule has 80 valence electrons. The highest BCUT2D eigenvalue weighted by Gasteiger charge is 2.24. The number of aryl methyl sites for hydroxylation is 1. The van der Waals surface area contributed by atoms with Gasteiger partial charge < -0.3 is 14.9 Å². The minimum Gasteiger partial charge on any atom is -0.462 e. The Morgan fingerprint density at radius 2 is 2.33 bits per heavy atom. The van der Waals surface area contributed by atoms with Crippen LogP contribution in [-0.2, 0) is 4.74 Å². The predicted molar refractivity (Wildman–Crippen MR) is 51.6 cm³/mol. The zero-order chi connectivity index (χ0) is 11.4. The molecule has 0 N–H and O–H groups in total. The minimum atomic E-state index is -0.713. The molecule has 0 aliphatic carbocycles. The van der Waals surface area contributed by atoms with Gasteiger partial charge in [0.2, 0.25) is 0 Å². The van der Waals surface area contributed by atoms with Gasteiger partial charge in [-0.25, -0.2) is 4.79 Å². The van der Waals surface area contributed by atoms with Gasteiger partial charge in [0.1, 0.15) is 6.20 Å². The van der Waals surface area contributed by atoms with E-state index in [1.54, 1.807) is 13.8 Å². The van der Waals surface area contributed by atoms with Gasteiger partial charge in [-0.3, -0.25) is 0 Å². The first-order valence-electron chi connectivity index (χ1n) is 4.35. The van der Waals surface area contributed by atoms with Crippen molar-refractivity contribution in [2.75, 3.05) is 6.61 Å². The van der Waals surface area contributed by atoms with Crippen LogP contribution in [0.3, 0.4) is 0 Å². The number of carbonyl (C=O) groups is 1. The van der Waals surface area contributed by atoms with E-state index in [4.69, 9.17) is 4.74 Å². The minimum absolute atomic E-state index is 0.0793. The van der Waals surface area contributed by atoms with Crippen LogP contribution >= 0.6 is 0 Å². The zero-order valence-corrected chi connectivity index (χ0v) is 8.39. The number of rotatable bonds is 3. The molecular formula is C9H10N2O4. The maximum atomic E-state index is 11.4. The molecule has 6 heteroatoms. The predicted octanol–water partition coefficient (Wildman–Crippen LogP) is 1.47. The number of esters is 1. The molecule has 1 heterocycles. The number of hydrogen-bond acceptors (Lipinski definition) is 5. The highest BCUT2D eigenvalue weighted by Crippen LogP contribution is 2.19. The molecule has 0 aromatic carbocycles. The van der Waals surface area contributed by atoms with E-state index in [0.29, 0.717) is 5.56 Å². The fourth-order valence-corrected chi connectivity index (χ4v) is 1.14. The molecule has 0 fully saturated rings. The van der Waals surface area contributed by atoms with Crippen LogP contribution in [0.25, 0.3) is 0 Å². The van der Waals surface area contributed by atoms with Crippen LogP contribution < -0.4 is 0 Å². The Kier molecular flexibility index (Phi) is 3.33. The zero-order valence-electron chi connectivity index (χ0n) is 8.39. The van der Waals surface area contributed by atoms with Gasteiger partial charge in [0, 0.05) is 0 Å². The largest absolute Gasteiger partial charge is 0.462 e. The van der Waals surface area contributed by atoms with Gasteiger partial charge in [-0.05, 0) is 35.4 Å². The summed E-state index contributed by atoms with van der Waals surface area (Å²) in [5.74, 6) is -1.18. The Labute approximate surface area is 86.0 Å². The third kappa shape index (κ3) is 2.28. The van der Waals surface area contributed by atoms with E-state index in [9.17, 15) is 14.9 Å². The first kappa shape index (κ1) is 11.1. The summed E-state index contributed by atoms with van der Waals surface area (Å²) in [7, 11) is 0. The van der Waals surface area contributed by atoms with E-state index in [-0.39, 0.29) is 12.2 Å². The lowest BCUT2D eigenvalue weighted by Gasteiger charge is -2.04. The SMILES string of the molecule is CCOC(=O)c1c(C)ccnc1[N+](=O)[O-]. The van der Waals surface area contributed by atoms with Crippen molar-refractivity contribution in [2.45, 2.75) is 13.8 Å². The van der Waals surface area contributed by atoms with Crippen molar-refractivity contribution in [2.24, 2.45) is 0 Å². The molecule has 0 saturated heterocycles. The summed E-state index contributed by atoms with van der Waals surface area (Å²) in [5.41, 5.74) is 0.402. The summed E-state index contributed by atoms with van der Waals surface area (Å²) in [5, 5.41) is 10.6. The average Bonchev–Trinajstić information content (AvgIpc) is 2.17. The molecule has 0 aliphatic heterocycles.